The molecule has 1 aliphatic heterocycles. The van der Waals surface area contributed by atoms with Gasteiger partial charge in [-0.05, 0) is 29.7 Å². The number of morpholine rings is 1. The first-order valence-electron chi connectivity index (χ1n) is 8.87. The summed E-state index contributed by atoms with van der Waals surface area (Å²) in [5, 5.41) is 3.45. The minimum atomic E-state index is -3.30. The van der Waals surface area contributed by atoms with Gasteiger partial charge in [0.05, 0.1) is 26.0 Å². The van der Waals surface area contributed by atoms with E-state index >= 15 is 0 Å². The van der Waals surface area contributed by atoms with Crippen molar-refractivity contribution >= 4 is 7.37 Å². The molecular weight excluding hydrogens is 349 g/mol. The van der Waals surface area contributed by atoms with Gasteiger partial charge in [0, 0.05) is 18.7 Å². The lowest BCUT2D eigenvalue weighted by molar-refractivity contribution is 0.0162. The fourth-order valence-corrected chi connectivity index (χ4v) is 5.00. The lowest BCUT2D eigenvalue weighted by Gasteiger charge is -2.31. The second-order valence-electron chi connectivity index (χ2n) is 6.79. The molecule has 1 fully saturated rings. The molecule has 0 radical (unpaired) electrons. The van der Waals surface area contributed by atoms with Crippen LogP contribution in [0.15, 0.2) is 54.6 Å². The normalized spacial score (nSPS) is 22.5. The summed E-state index contributed by atoms with van der Waals surface area (Å²) in [4.78, 5) is 10.4. The van der Waals surface area contributed by atoms with Crippen LogP contribution in [0.2, 0.25) is 0 Å². The van der Waals surface area contributed by atoms with E-state index in [1.54, 1.807) is 7.11 Å². The molecule has 0 amide bonds. The summed E-state index contributed by atoms with van der Waals surface area (Å²) in [7, 11) is -1.70. The quantitative estimate of drug-likeness (QED) is 0.728. The second kappa shape index (κ2) is 8.83. The van der Waals surface area contributed by atoms with Crippen LogP contribution in [-0.2, 0) is 21.9 Å². The molecule has 2 aromatic carbocycles. The molecule has 0 saturated carbocycles. The van der Waals surface area contributed by atoms with Crippen molar-refractivity contribution < 1.29 is 18.9 Å². The Morgan fingerprint density at radius 2 is 1.88 bits per heavy atom. The summed E-state index contributed by atoms with van der Waals surface area (Å²) in [6.07, 6.45) is 1.00. The minimum Gasteiger partial charge on any atom is -0.497 e. The molecule has 26 heavy (non-hydrogen) atoms. The molecule has 1 saturated heterocycles. The first kappa shape index (κ1) is 19.1. The van der Waals surface area contributed by atoms with Crippen LogP contribution in [0.1, 0.15) is 11.1 Å². The maximum atomic E-state index is 12.6. The summed E-state index contributed by atoms with van der Waals surface area (Å²) >= 11 is 0. The Labute approximate surface area is 154 Å². The Balaban J connectivity index is 1.47. The second-order valence-corrected chi connectivity index (χ2v) is 9.16. The van der Waals surface area contributed by atoms with Crippen LogP contribution in [0.4, 0.5) is 0 Å². The van der Waals surface area contributed by atoms with Gasteiger partial charge in [-0.25, -0.2) is 0 Å². The molecule has 2 N–H and O–H groups in total. The van der Waals surface area contributed by atoms with Crippen molar-refractivity contribution in [2.24, 2.45) is 0 Å². The third kappa shape index (κ3) is 5.68. The van der Waals surface area contributed by atoms with Crippen LogP contribution in [0.3, 0.4) is 0 Å². The summed E-state index contributed by atoms with van der Waals surface area (Å²) in [6, 6.07) is 17.8. The van der Waals surface area contributed by atoms with Gasteiger partial charge in [-0.1, -0.05) is 42.5 Å². The summed E-state index contributed by atoms with van der Waals surface area (Å²) in [5.74, 6) is 0.741. The molecule has 1 aliphatic rings. The molecule has 1 unspecified atom stereocenters. The molecule has 0 aromatic heterocycles. The number of ether oxygens (including phenoxy) is 2. The van der Waals surface area contributed by atoms with Gasteiger partial charge in [0.15, 0.2) is 0 Å². The average Bonchev–Trinajstić information content (AvgIpc) is 2.64. The zero-order chi connectivity index (χ0) is 18.4. The van der Waals surface area contributed by atoms with Gasteiger partial charge in [-0.15, -0.1) is 0 Å². The maximum absolute atomic E-state index is 12.6. The topological polar surface area (TPSA) is 67.8 Å². The fourth-order valence-electron chi connectivity index (χ4n) is 3.21. The van der Waals surface area contributed by atoms with E-state index in [2.05, 4.69) is 17.4 Å². The van der Waals surface area contributed by atoms with Crippen LogP contribution >= 0.6 is 7.37 Å². The SMILES string of the molecule is COc1ccc(CP(=O)(O)C[C@H]2CN[C@H](Cc3ccccc3)CO2)cc1. The molecule has 5 nitrogen and oxygen atoms in total. The van der Waals surface area contributed by atoms with E-state index in [1.165, 1.54) is 5.56 Å². The molecule has 0 bridgehead atoms. The molecule has 6 heteroatoms. The first-order chi connectivity index (χ1) is 12.5. The van der Waals surface area contributed by atoms with Crippen LogP contribution in [0.5, 0.6) is 5.75 Å². The van der Waals surface area contributed by atoms with Crippen molar-refractivity contribution in [1.82, 2.24) is 5.32 Å². The van der Waals surface area contributed by atoms with Crippen molar-refractivity contribution in [3.05, 3.63) is 65.7 Å². The fraction of sp³-hybridized carbons (Fsp3) is 0.400. The molecule has 0 aliphatic carbocycles. The third-order valence-corrected chi connectivity index (χ3v) is 6.41. The van der Waals surface area contributed by atoms with Crippen LogP contribution < -0.4 is 10.1 Å². The molecule has 2 aromatic rings. The monoisotopic (exact) mass is 375 g/mol. The highest BCUT2D eigenvalue weighted by molar-refractivity contribution is 7.57. The highest BCUT2D eigenvalue weighted by Crippen LogP contribution is 2.45. The first-order valence-corrected chi connectivity index (χ1v) is 10.9. The van der Waals surface area contributed by atoms with Crippen LogP contribution in [-0.4, -0.2) is 43.5 Å². The van der Waals surface area contributed by atoms with Gasteiger partial charge in [0.25, 0.3) is 0 Å². The van der Waals surface area contributed by atoms with E-state index < -0.39 is 7.37 Å². The zero-order valence-electron chi connectivity index (χ0n) is 15.0. The molecule has 3 rings (SSSR count). The van der Waals surface area contributed by atoms with Crippen LogP contribution in [0.25, 0.3) is 0 Å². The van der Waals surface area contributed by atoms with E-state index in [0.717, 1.165) is 17.7 Å². The summed E-state index contributed by atoms with van der Waals surface area (Å²) in [5.41, 5.74) is 2.10. The van der Waals surface area contributed by atoms with E-state index in [-0.39, 0.29) is 24.5 Å². The van der Waals surface area contributed by atoms with Gasteiger partial charge in [0.1, 0.15) is 5.75 Å². The Hall–Kier alpha value is -1.65. The number of rotatable bonds is 7. The van der Waals surface area contributed by atoms with Crippen LogP contribution in [0, 0.1) is 0 Å². The minimum absolute atomic E-state index is 0.157. The number of methoxy groups -OCH3 is 1. The van der Waals surface area contributed by atoms with E-state index in [4.69, 9.17) is 9.47 Å². The Morgan fingerprint density at radius 1 is 1.15 bits per heavy atom. The van der Waals surface area contributed by atoms with Crippen molar-refractivity contribution in [3.63, 3.8) is 0 Å². The molecule has 140 valence electrons. The maximum Gasteiger partial charge on any atom is 0.207 e. The highest BCUT2D eigenvalue weighted by Gasteiger charge is 2.29. The number of benzene rings is 2. The Morgan fingerprint density at radius 3 is 2.50 bits per heavy atom. The third-order valence-electron chi connectivity index (χ3n) is 4.57. The molecule has 0 spiro atoms. The summed E-state index contributed by atoms with van der Waals surface area (Å²) in [6.45, 7) is 1.16. The Bertz CT molecular complexity index is 727. The Kier molecular flexibility index (Phi) is 6.49. The van der Waals surface area contributed by atoms with Gasteiger partial charge in [-0.2, -0.15) is 0 Å². The largest absolute Gasteiger partial charge is 0.497 e. The van der Waals surface area contributed by atoms with Gasteiger partial charge in [-0.3, -0.25) is 4.57 Å². The van der Waals surface area contributed by atoms with Crippen molar-refractivity contribution in [1.29, 1.82) is 0 Å². The number of nitrogens with one attached hydrogen (secondary N) is 1. The molecular formula is C20H26NO4P. The summed E-state index contributed by atoms with van der Waals surface area (Å²) < 4.78 is 23.6. The predicted molar refractivity (Wildman–Crippen MR) is 103 cm³/mol. The number of hydrogen-bond acceptors (Lipinski definition) is 4. The van der Waals surface area contributed by atoms with E-state index in [9.17, 15) is 9.46 Å². The van der Waals surface area contributed by atoms with Crippen molar-refractivity contribution in [3.8, 4) is 5.75 Å². The standard InChI is InChI=1S/C20H26NO4P/c1-24-19-9-7-17(8-10-19)14-26(22,23)15-20-12-21-18(13-25-20)11-16-5-3-2-4-6-16/h2-10,18,20-21H,11-15H2,1H3,(H,22,23)/t18-,20-/m1/s1. The predicted octanol–water partition coefficient (Wildman–Crippen LogP) is 3.07. The molecule has 3 atom stereocenters. The van der Waals surface area contributed by atoms with Crippen molar-refractivity contribution in [2.45, 2.75) is 24.7 Å². The van der Waals surface area contributed by atoms with Gasteiger partial charge >= 0.3 is 0 Å². The lowest BCUT2D eigenvalue weighted by Crippen LogP contribution is -2.48. The molecule has 1 heterocycles. The smallest absolute Gasteiger partial charge is 0.207 e. The van der Waals surface area contributed by atoms with E-state index in [1.807, 2.05) is 42.5 Å². The lowest BCUT2D eigenvalue weighted by atomic mass is 10.1. The van der Waals surface area contributed by atoms with Gasteiger partial charge in [0.2, 0.25) is 7.37 Å². The average molecular weight is 375 g/mol. The van der Waals surface area contributed by atoms with E-state index in [0.29, 0.717) is 13.2 Å². The van der Waals surface area contributed by atoms with Crippen molar-refractivity contribution in [2.75, 3.05) is 26.4 Å². The number of hydrogen-bond donors (Lipinski definition) is 2. The zero-order valence-corrected chi connectivity index (χ0v) is 15.9. The van der Waals surface area contributed by atoms with Gasteiger partial charge < -0.3 is 19.7 Å². The highest BCUT2D eigenvalue weighted by atomic mass is 31.2.